The number of nitrogens with zero attached hydrogens (tertiary/aromatic N) is 1. The lowest BCUT2D eigenvalue weighted by atomic mass is 9.94. The van der Waals surface area contributed by atoms with Crippen molar-refractivity contribution in [3.05, 3.63) is 77.4 Å². The molecule has 1 unspecified atom stereocenters. The van der Waals surface area contributed by atoms with E-state index in [0.717, 1.165) is 5.56 Å². The standard InChI is InChI=1S/C24H25NO5/c1-5-13-25-21(16-7-10-18(29-4)11-8-16)20(23(27)24(25)28)22(26)17-9-12-19(30-6-2)15(3)14-17/h5,7-12,14,21,26H,1,6,13H2,2-4H3/b22-20+. The van der Waals surface area contributed by atoms with Crippen LogP contribution in [0.1, 0.15) is 29.7 Å². The van der Waals surface area contributed by atoms with Crippen LogP contribution in [0.25, 0.3) is 5.76 Å². The van der Waals surface area contributed by atoms with Crippen LogP contribution in [0, 0.1) is 6.92 Å². The maximum atomic E-state index is 12.9. The third-order valence-corrected chi connectivity index (χ3v) is 5.05. The summed E-state index contributed by atoms with van der Waals surface area (Å²) in [5, 5.41) is 11.1. The van der Waals surface area contributed by atoms with Gasteiger partial charge in [-0.25, -0.2) is 0 Å². The number of amides is 1. The Labute approximate surface area is 176 Å². The molecule has 0 radical (unpaired) electrons. The SMILES string of the molecule is C=CCN1C(=O)C(=O)/C(=C(/O)c2ccc(OCC)c(C)c2)C1c1ccc(OC)cc1. The largest absolute Gasteiger partial charge is 0.507 e. The van der Waals surface area contributed by atoms with Crippen LogP contribution in [0.5, 0.6) is 11.5 Å². The molecule has 1 aliphatic rings. The fourth-order valence-electron chi connectivity index (χ4n) is 3.61. The van der Waals surface area contributed by atoms with Gasteiger partial charge in [0.15, 0.2) is 0 Å². The van der Waals surface area contributed by atoms with Gasteiger partial charge in [0.2, 0.25) is 0 Å². The molecule has 156 valence electrons. The van der Waals surface area contributed by atoms with E-state index in [0.29, 0.717) is 29.2 Å². The fraction of sp³-hybridized carbons (Fsp3) is 0.250. The van der Waals surface area contributed by atoms with Gasteiger partial charge in [0.1, 0.15) is 17.3 Å². The first-order chi connectivity index (χ1) is 14.4. The van der Waals surface area contributed by atoms with Gasteiger partial charge in [-0.2, -0.15) is 0 Å². The summed E-state index contributed by atoms with van der Waals surface area (Å²) in [7, 11) is 1.56. The first-order valence-corrected chi connectivity index (χ1v) is 9.70. The van der Waals surface area contributed by atoms with E-state index in [4.69, 9.17) is 9.47 Å². The van der Waals surface area contributed by atoms with Gasteiger partial charge in [0, 0.05) is 12.1 Å². The summed E-state index contributed by atoms with van der Waals surface area (Å²) in [6, 6.07) is 11.5. The maximum Gasteiger partial charge on any atom is 0.295 e. The number of aliphatic hydroxyl groups is 1. The number of likely N-dealkylation sites (tertiary alicyclic amines) is 1. The number of aryl methyl sites for hydroxylation is 1. The number of rotatable bonds is 7. The lowest BCUT2D eigenvalue weighted by Gasteiger charge is -2.24. The van der Waals surface area contributed by atoms with Crippen molar-refractivity contribution in [2.45, 2.75) is 19.9 Å². The van der Waals surface area contributed by atoms with Gasteiger partial charge in [-0.3, -0.25) is 9.59 Å². The van der Waals surface area contributed by atoms with E-state index >= 15 is 0 Å². The van der Waals surface area contributed by atoms with Crippen molar-refractivity contribution in [3.63, 3.8) is 0 Å². The molecule has 1 aliphatic heterocycles. The number of hydrogen-bond donors (Lipinski definition) is 1. The minimum atomic E-state index is -0.721. The second-order valence-corrected chi connectivity index (χ2v) is 6.93. The van der Waals surface area contributed by atoms with Crippen LogP contribution >= 0.6 is 0 Å². The van der Waals surface area contributed by atoms with Gasteiger partial charge < -0.3 is 19.5 Å². The number of benzene rings is 2. The van der Waals surface area contributed by atoms with Crippen molar-refractivity contribution in [3.8, 4) is 11.5 Å². The highest BCUT2D eigenvalue weighted by atomic mass is 16.5. The minimum Gasteiger partial charge on any atom is -0.507 e. The first kappa shape index (κ1) is 21.2. The van der Waals surface area contributed by atoms with Gasteiger partial charge >= 0.3 is 0 Å². The number of hydrogen-bond acceptors (Lipinski definition) is 5. The van der Waals surface area contributed by atoms with Crippen molar-refractivity contribution in [1.82, 2.24) is 4.90 Å². The van der Waals surface area contributed by atoms with Crippen LogP contribution in [0.3, 0.4) is 0 Å². The van der Waals surface area contributed by atoms with E-state index < -0.39 is 17.7 Å². The predicted octanol–water partition coefficient (Wildman–Crippen LogP) is 4.01. The van der Waals surface area contributed by atoms with Gasteiger partial charge in [0.25, 0.3) is 11.7 Å². The van der Waals surface area contributed by atoms with Gasteiger partial charge in [-0.1, -0.05) is 18.2 Å². The van der Waals surface area contributed by atoms with Crippen molar-refractivity contribution in [1.29, 1.82) is 0 Å². The fourth-order valence-corrected chi connectivity index (χ4v) is 3.61. The third-order valence-electron chi connectivity index (χ3n) is 5.05. The summed E-state index contributed by atoms with van der Waals surface area (Å²) in [6.45, 7) is 8.15. The molecule has 0 aliphatic carbocycles. The molecule has 0 spiro atoms. The second-order valence-electron chi connectivity index (χ2n) is 6.93. The zero-order valence-electron chi connectivity index (χ0n) is 17.3. The second kappa shape index (κ2) is 8.86. The van der Waals surface area contributed by atoms with E-state index in [1.165, 1.54) is 4.90 Å². The van der Waals surface area contributed by atoms with Gasteiger partial charge in [-0.05, 0) is 55.3 Å². The summed E-state index contributed by atoms with van der Waals surface area (Å²) < 4.78 is 10.7. The Morgan fingerprint density at radius 1 is 1.20 bits per heavy atom. The number of ketones is 1. The highest BCUT2D eigenvalue weighted by molar-refractivity contribution is 6.46. The topological polar surface area (TPSA) is 76.1 Å². The van der Waals surface area contributed by atoms with Crippen molar-refractivity contribution >= 4 is 17.4 Å². The summed E-state index contributed by atoms with van der Waals surface area (Å²) in [5.74, 6) is -0.247. The molecule has 1 fully saturated rings. The predicted molar refractivity (Wildman–Crippen MR) is 115 cm³/mol. The van der Waals surface area contributed by atoms with E-state index in [1.807, 2.05) is 13.8 Å². The molecule has 6 nitrogen and oxygen atoms in total. The molecule has 0 aromatic heterocycles. The van der Waals surface area contributed by atoms with Gasteiger partial charge in [-0.15, -0.1) is 6.58 Å². The Bertz CT molecular complexity index is 1010. The molecular formula is C24H25NO5. The number of aliphatic hydroxyl groups excluding tert-OH is 1. The quantitative estimate of drug-likeness (QED) is 0.325. The Hall–Kier alpha value is -3.54. The van der Waals surface area contributed by atoms with E-state index in [1.54, 1.807) is 55.7 Å². The first-order valence-electron chi connectivity index (χ1n) is 9.70. The molecule has 3 rings (SSSR count). The molecule has 1 atom stereocenters. The molecule has 30 heavy (non-hydrogen) atoms. The lowest BCUT2D eigenvalue weighted by Crippen LogP contribution is -2.29. The summed E-state index contributed by atoms with van der Waals surface area (Å²) in [4.78, 5) is 27.0. The number of carbonyl (C=O) groups excluding carboxylic acids is 2. The van der Waals surface area contributed by atoms with E-state index in [9.17, 15) is 14.7 Å². The summed E-state index contributed by atoms with van der Waals surface area (Å²) in [5.41, 5.74) is 2.02. The molecule has 2 aromatic rings. The molecule has 1 N–H and O–H groups in total. The van der Waals surface area contributed by atoms with Crippen molar-refractivity contribution < 1.29 is 24.2 Å². The average Bonchev–Trinajstić information content (AvgIpc) is 3.00. The normalized spacial score (nSPS) is 17.8. The van der Waals surface area contributed by atoms with Crippen molar-refractivity contribution in [2.75, 3.05) is 20.3 Å². The van der Waals surface area contributed by atoms with Crippen molar-refractivity contribution in [2.24, 2.45) is 0 Å². The Balaban J connectivity index is 2.14. The number of ether oxygens (including phenoxy) is 2. The van der Waals surface area contributed by atoms with Crippen LogP contribution < -0.4 is 9.47 Å². The summed E-state index contributed by atoms with van der Waals surface area (Å²) >= 11 is 0. The lowest BCUT2D eigenvalue weighted by molar-refractivity contribution is -0.139. The van der Waals surface area contributed by atoms with Crippen LogP contribution in [0.15, 0.2) is 60.7 Å². The smallest absolute Gasteiger partial charge is 0.295 e. The molecule has 1 saturated heterocycles. The molecule has 0 saturated carbocycles. The zero-order chi connectivity index (χ0) is 21.8. The van der Waals surface area contributed by atoms with Crippen LogP contribution in [0.4, 0.5) is 0 Å². The molecule has 0 bridgehead atoms. The monoisotopic (exact) mass is 407 g/mol. The highest BCUT2D eigenvalue weighted by Gasteiger charge is 2.45. The van der Waals surface area contributed by atoms with E-state index in [-0.39, 0.29) is 17.9 Å². The Morgan fingerprint density at radius 2 is 1.90 bits per heavy atom. The van der Waals surface area contributed by atoms with Gasteiger partial charge in [0.05, 0.1) is 25.3 Å². The zero-order valence-corrected chi connectivity index (χ0v) is 17.3. The van der Waals surface area contributed by atoms with E-state index in [2.05, 4.69) is 6.58 Å². The number of methoxy groups -OCH3 is 1. The minimum absolute atomic E-state index is 0.0515. The molecule has 1 amide bonds. The van der Waals surface area contributed by atoms with Crippen LogP contribution in [-0.2, 0) is 9.59 Å². The molecule has 6 heteroatoms. The Morgan fingerprint density at radius 3 is 2.47 bits per heavy atom. The number of Topliss-reactive ketones (excluding diaryl/α,β-unsaturated/α-hetero) is 1. The summed E-state index contributed by atoms with van der Waals surface area (Å²) in [6.07, 6.45) is 1.56. The average molecular weight is 407 g/mol. The maximum absolute atomic E-state index is 12.9. The van der Waals surface area contributed by atoms with Crippen LogP contribution in [-0.4, -0.2) is 42.0 Å². The Kier molecular flexibility index (Phi) is 6.26. The molecule has 1 heterocycles. The highest BCUT2D eigenvalue weighted by Crippen LogP contribution is 2.40. The molecular weight excluding hydrogens is 382 g/mol. The third kappa shape index (κ3) is 3.81. The van der Waals surface area contributed by atoms with Crippen LogP contribution in [0.2, 0.25) is 0 Å². The molecule has 2 aromatic carbocycles. The number of carbonyl (C=O) groups is 2.